The number of aliphatic hydroxyl groups is 2. The van der Waals surface area contributed by atoms with Crippen LogP contribution < -0.4 is 0 Å². The first-order valence-corrected chi connectivity index (χ1v) is 10.0. The maximum atomic E-state index is 12.1. The lowest BCUT2D eigenvalue weighted by atomic mass is 10.3. The molecule has 0 aliphatic rings. The maximum absolute atomic E-state index is 12.1. The number of aliphatic carboxylic acids is 3. The summed E-state index contributed by atoms with van der Waals surface area (Å²) in [5, 5.41) is 45.4. The minimum Gasteiger partial charge on any atom is -0.480 e. The van der Waals surface area contributed by atoms with Crippen LogP contribution in [0.2, 0.25) is 0 Å². The number of ether oxygens (including phenoxy) is 1. The van der Waals surface area contributed by atoms with Crippen LogP contribution in [0.15, 0.2) is 0 Å². The summed E-state index contributed by atoms with van der Waals surface area (Å²) < 4.78 is 4.45. The Labute approximate surface area is 211 Å². The van der Waals surface area contributed by atoms with Crippen LogP contribution in [0.3, 0.4) is 0 Å². The maximum Gasteiger partial charge on any atom is 0.467 e. The average molecular weight is 556 g/mol. The Balaban J connectivity index is 4.97. The van der Waals surface area contributed by atoms with Gasteiger partial charge in [-0.15, -0.1) is 0 Å². The van der Waals surface area contributed by atoms with Crippen molar-refractivity contribution in [3.05, 3.63) is 0 Å². The van der Waals surface area contributed by atoms with E-state index in [1.165, 1.54) is 0 Å². The summed E-state index contributed by atoms with van der Waals surface area (Å²) in [7, 11) is 0. The smallest absolute Gasteiger partial charge is 0.467 e. The number of aliphatic hydroxyl groups excluding tert-OH is 1. The van der Waals surface area contributed by atoms with Crippen molar-refractivity contribution in [2.75, 3.05) is 39.3 Å². The molecule has 0 aromatic rings. The van der Waals surface area contributed by atoms with Gasteiger partial charge < -0.3 is 30.3 Å². The molecule has 2 atom stereocenters. The summed E-state index contributed by atoms with van der Waals surface area (Å²) in [6.45, 7) is -2.38. The van der Waals surface area contributed by atoms with Crippen LogP contribution in [0.5, 0.6) is 0 Å². The van der Waals surface area contributed by atoms with Gasteiger partial charge in [0.25, 0.3) is 0 Å². The Bertz CT molecular complexity index is 912. The topological polar surface area (TPSA) is 290 Å². The van der Waals surface area contributed by atoms with E-state index in [0.29, 0.717) is 6.92 Å². The van der Waals surface area contributed by atoms with Gasteiger partial charge in [0.15, 0.2) is 6.10 Å². The Morgan fingerprint density at radius 3 is 1.50 bits per heavy atom. The number of carbonyl (C=O) groups is 8. The summed E-state index contributed by atoms with van der Waals surface area (Å²) in [5.41, 5.74) is 0. The number of esters is 1. The zero-order chi connectivity index (χ0) is 29.6. The van der Waals surface area contributed by atoms with Crippen molar-refractivity contribution in [3.63, 3.8) is 0 Å². The molecule has 0 aliphatic carbocycles. The number of rotatable bonds is 14. The molecular weight excluding hydrogens is 532 g/mol. The third-order valence-electron chi connectivity index (χ3n) is 3.75. The van der Waals surface area contributed by atoms with Crippen LogP contribution in [-0.2, 0) is 62.6 Å². The van der Waals surface area contributed by atoms with Gasteiger partial charge in [0.05, 0.1) is 26.2 Å². The molecule has 20 nitrogen and oxygen atoms in total. The van der Waals surface area contributed by atoms with Crippen LogP contribution in [0, 0.1) is 0 Å². The first-order chi connectivity index (χ1) is 17.4. The fourth-order valence-corrected chi connectivity index (χ4v) is 2.13. The fraction of sp³-hybridized carbons (Fsp3) is 0.556. The standard InChI is InChI=1S/C18H24N2O18/c1-9(21)14(29)35-36-15(30)16(31)37-38-17(32)18(2,33)34-13(28)8-20(7-12(26)27)4-3-19(5-10(22)23)6-11(24)25/h9,21,33H,3-8H2,1-2H3,(H,22,23)(H,24,25)(H,26,27). The van der Waals surface area contributed by atoms with Crippen molar-refractivity contribution in [1.29, 1.82) is 0 Å². The van der Waals surface area contributed by atoms with Crippen molar-refractivity contribution in [2.45, 2.75) is 25.7 Å². The predicted molar refractivity (Wildman–Crippen MR) is 109 cm³/mol. The molecule has 0 spiro atoms. The van der Waals surface area contributed by atoms with Crippen LogP contribution in [-0.4, -0.2) is 134 Å². The molecule has 0 fully saturated rings. The van der Waals surface area contributed by atoms with E-state index in [9.17, 15) is 43.5 Å². The Morgan fingerprint density at radius 2 is 1.11 bits per heavy atom. The molecule has 0 aliphatic heterocycles. The molecule has 0 rings (SSSR count). The molecule has 5 N–H and O–H groups in total. The third kappa shape index (κ3) is 14.2. The molecule has 214 valence electrons. The second-order valence-corrected chi connectivity index (χ2v) is 7.25. The lowest BCUT2D eigenvalue weighted by Gasteiger charge is -2.25. The van der Waals surface area contributed by atoms with Gasteiger partial charge in [-0.05, 0) is 6.92 Å². The molecule has 0 bridgehead atoms. The third-order valence-corrected chi connectivity index (χ3v) is 3.75. The summed E-state index contributed by atoms with van der Waals surface area (Å²) in [6.07, 6.45) is -1.72. The summed E-state index contributed by atoms with van der Waals surface area (Å²) in [4.78, 5) is 107. The van der Waals surface area contributed by atoms with Gasteiger partial charge >= 0.3 is 53.5 Å². The van der Waals surface area contributed by atoms with Gasteiger partial charge in [-0.3, -0.25) is 29.0 Å². The largest absolute Gasteiger partial charge is 0.480 e. The minimum atomic E-state index is -3.16. The first kappa shape index (κ1) is 33.6. The number of hydrogen-bond donors (Lipinski definition) is 5. The van der Waals surface area contributed by atoms with Crippen LogP contribution in [0.4, 0.5) is 0 Å². The number of carboxylic acids is 3. The van der Waals surface area contributed by atoms with E-state index >= 15 is 0 Å². The van der Waals surface area contributed by atoms with E-state index in [-0.39, 0.29) is 13.1 Å². The van der Waals surface area contributed by atoms with E-state index in [4.69, 9.17) is 20.4 Å². The molecule has 38 heavy (non-hydrogen) atoms. The van der Waals surface area contributed by atoms with E-state index in [0.717, 1.165) is 16.7 Å². The molecule has 0 radical (unpaired) electrons. The number of nitrogens with zero attached hydrogens (tertiary/aromatic N) is 2. The van der Waals surface area contributed by atoms with Gasteiger partial charge in [-0.25, -0.2) is 38.7 Å². The quantitative estimate of drug-likeness (QED) is 0.0442. The average Bonchev–Trinajstić information content (AvgIpc) is 2.76. The molecule has 0 aromatic heterocycles. The Hall–Kier alpha value is -4.40. The highest BCUT2D eigenvalue weighted by molar-refractivity contribution is 6.29. The highest BCUT2D eigenvalue weighted by Crippen LogP contribution is 2.10. The lowest BCUT2D eigenvalue weighted by molar-refractivity contribution is -0.296. The predicted octanol–water partition coefficient (Wildman–Crippen LogP) is -4.52. The first-order valence-electron chi connectivity index (χ1n) is 10.0. The summed E-state index contributed by atoms with van der Waals surface area (Å²) in [5.74, 6) is -16.4. The van der Waals surface area contributed by atoms with E-state index < -0.39 is 85.8 Å². The highest BCUT2D eigenvalue weighted by Gasteiger charge is 2.40. The van der Waals surface area contributed by atoms with Crippen LogP contribution in [0.25, 0.3) is 0 Å². The van der Waals surface area contributed by atoms with Gasteiger partial charge in [0, 0.05) is 20.0 Å². The molecule has 20 heteroatoms. The molecule has 2 unspecified atom stereocenters. The van der Waals surface area contributed by atoms with Crippen molar-refractivity contribution in [1.82, 2.24) is 9.80 Å². The zero-order valence-corrected chi connectivity index (χ0v) is 19.8. The molecule has 0 saturated carbocycles. The van der Waals surface area contributed by atoms with Gasteiger partial charge in [0.1, 0.15) is 0 Å². The molecule has 0 saturated heterocycles. The Morgan fingerprint density at radius 1 is 0.711 bits per heavy atom. The monoisotopic (exact) mass is 556 g/mol. The second-order valence-electron chi connectivity index (χ2n) is 7.25. The summed E-state index contributed by atoms with van der Waals surface area (Å²) >= 11 is 0. The lowest BCUT2D eigenvalue weighted by Crippen LogP contribution is -2.47. The number of carboxylic acid groups (broad SMARTS) is 3. The van der Waals surface area contributed by atoms with E-state index in [2.05, 4.69) is 24.3 Å². The second kappa shape index (κ2) is 15.7. The number of hydrogen-bond acceptors (Lipinski definition) is 17. The van der Waals surface area contributed by atoms with Crippen LogP contribution >= 0.6 is 0 Å². The summed E-state index contributed by atoms with van der Waals surface area (Å²) in [6, 6.07) is 0. The molecule has 0 aromatic carbocycles. The van der Waals surface area contributed by atoms with Crippen LogP contribution in [0.1, 0.15) is 13.8 Å². The van der Waals surface area contributed by atoms with Crippen molar-refractivity contribution < 1.29 is 88.2 Å². The minimum absolute atomic E-state index is 0.323. The molecular formula is C18H24N2O18. The van der Waals surface area contributed by atoms with Gasteiger partial charge in [0.2, 0.25) is 0 Å². The SMILES string of the molecule is CC(O)C(=O)OOC(=O)C(=O)OOC(=O)C(C)(O)OC(=O)CN(CCN(CC(=O)O)CC(=O)O)CC(=O)O. The normalized spacial score (nSPS) is 13.0. The molecule has 0 amide bonds. The number of carbonyl (C=O) groups excluding carboxylic acids is 5. The molecule has 0 heterocycles. The highest BCUT2D eigenvalue weighted by atomic mass is 17.2. The van der Waals surface area contributed by atoms with Gasteiger partial charge in [-0.2, -0.15) is 0 Å². The zero-order valence-electron chi connectivity index (χ0n) is 19.8. The van der Waals surface area contributed by atoms with Crippen molar-refractivity contribution >= 4 is 47.8 Å². The van der Waals surface area contributed by atoms with E-state index in [1.54, 1.807) is 0 Å². The van der Waals surface area contributed by atoms with E-state index in [1.807, 2.05) is 0 Å². The fourth-order valence-electron chi connectivity index (χ4n) is 2.13. The van der Waals surface area contributed by atoms with Crippen molar-refractivity contribution in [2.24, 2.45) is 0 Å². The Kier molecular flexibility index (Phi) is 13.8. The van der Waals surface area contributed by atoms with Crippen molar-refractivity contribution in [3.8, 4) is 0 Å². The van der Waals surface area contributed by atoms with Gasteiger partial charge in [-0.1, -0.05) is 0 Å².